The van der Waals surface area contributed by atoms with E-state index in [0.717, 1.165) is 30.6 Å². The molecule has 0 radical (unpaired) electrons. The van der Waals surface area contributed by atoms with Gasteiger partial charge in [0, 0.05) is 18.3 Å². The van der Waals surface area contributed by atoms with Crippen molar-refractivity contribution in [1.29, 1.82) is 0 Å². The van der Waals surface area contributed by atoms with E-state index in [1.807, 2.05) is 18.2 Å². The minimum Gasteiger partial charge on any atom is -0.367 e. The van der Waals surface area contributed by atoms with Crippen molar-refractivity contribution in [3.8, 4) is 0 Å². The van der Waals surface area contributed by atoms with Gasteiger partial charge in [-0.1, -0.05) is 18.2 Å². The summed E-state index contributed by atoms with van der Waals surface area (Å²) in [4.78, 5) is 41.8. The quantitative estimate of drug-likeness (QED) is 0.797. The van der Waals surface area contributed by atoms with Gasteiger partial charge in [0.1, 0.15) is 0 Å². The van der Waals surface area contributed by atoms with Crippen LogP contribution in [0.15, 0.2) is 24.3 Å². The normalized spacial score (nSPS) is 29.1. The number of hydrogen-bond donors (Lipinski definition) is 1. The molecule has 0 aromatic heterocycles. The van der Waals surface area contributed by atoms with E-state index in [0.29, 0.717) is 6.42 Å². The fraction of sp³-hybridized carbons (Fsp3) is 0.500. The van der Waals surface area contributed by atoms with Gasteiger partial charge in [-0.15, -0.1) is 0 Å². The number of amides is 4. The van der Waals surface area contributed by atoms with Gasteiger partial charge >= 0.3 is 6.03 Å². The van der Waals surface area contributed by atoms with Crippen molar-refractivity contribution in [3.63, 3.8) is 0 Å². The van der Waals surface area contributed by atoms with Gasteiger partial charge < -0.3 is 4.90 Å². The number of nitrogens with one attached hydrogen (secondary N) is 1. The molecule has 0 aliphatic carbocycles. The molecule has 1 aromatic rings. The van der Waals surface area contributed by atoms with Crippen LogP contribution in [-0.4, -0.2) is 41.4 Å². The Hall–Kier alpha value is -2.37. The van der Waals surface area contributed by atoms with Gasteiger partial charge in [-0.25, -0.2) is 4.79 Å². The minimum atomic E-state index is -1.21. The number of para-hydroxylation sites is 1. The molecule has 1 N–H and O–H groups in total. The molecular formula is C18H21N3O3. The lowest BCUT2D eigenvalue weighted by Crippen LogP contribution is -2.72. The Balaban J connectivity index is 1.88. The molecule has 24 heavy (non-hydrogen) atoms. The van der Waals surface area contributed by atoms with Crippen molar-refractivity contribution in [3.05, 3.63) is 29.8 Å². The Kier molecular flexibility index (Phi) is 3.20. The first-order valence-electron chi connectivity index (χ1n) is 8.50. The van der Waals surface area contributed by atoms with Crippen LogP contribution in [0.1, 0.15) is 32.3 Å². The zero-order chi connectivity index (χ0) is 17.1. The first-order chi connectivity index (χ1) is 11.5. The molecule has 1 aromatic carbocycles. The summed E-state index contributed by atoms with van der Waals surface area (Å²) in [6.07, 6.45) is 2.08. The Morgan fingerprint density at radius 3 is 2.71 bits per heavy atom. The summed E-state index contributed by atoms with van der Waals surface area (Å²) in [6.45, 7) is 4.42. The van der Waals surface area contributed by atoms with Crippen molar-refractivity contribution >= 4 is 23.5 Å². The van der Waals surface area contributed by atoms with Gasteiger partial charge in [-0.05, 0) is 44.7 Å². The first kappa shape index (κ1) is 15.2. The molecule has 0 unspecified atom stereocenters. The van der Waals surface area contributed by atoms with E-state index in [-0.39, 0.29) is 18.0 Å². The molecule has 0 saturated carbocycles. The van der Waals surface area contributed by atoms with E-state index in [1.165, 1.54) is 4.90 Å². The van der Waals surface area contributed by atoms with Gasteiger partial charge in [-0.2, -0.15) is 0 Å². The third-order valence-corrected chi connectivity index (χ3v) is 5.55. The fourth-order valence-corrected chi connectivity index (χ4v) is 4.52. The molecule has 4 rings (SSSR count). The van der Waals surface area contributed by atoms with Crippen LogP contribution in [0.4, 0.5) is 10.5 Å². The predicted octanol–water partition coefficient (Wildman–Crippen LogP) is 1.68. The van der Waals surface area contributed by atoms with Crippen molar-refractivity contribution in [1.82, 2.24) is 10.2 Å². The lowest BCUT2D eigenvalue weighted by Gasteiger charge is -2.50. The Labute approximate surface area is 140 Å². The van der Waals surface area contributed by atoms with Crippen molar-refractivity contribution in [2.24, 2.45) is 5.41 Å². The lowest BCUT2D eigenvalue weighted by molar-refractivity contribution is -0.154. The Morgan fingerprint density at radius 1 is 1.21 bits per heavy atom. The molecule has 6 nitrogen and oxygen atoms in total. The summed E-state index contributed by atoms with van der Waals surface area (Å²) in [5, 5.41) is 2.45. The van der Waals surface area contributed by atoms with Crippen molar-refractivity contribution in [2.45, 2.75) is 45.2 Å². The highest BCUT2D eigenvalue weighted by Crippen LogP contribution is 2.48. The largest absolute Gasteiger partial charge is 0.367 e. The van der Waals surface area contributed by atoms with E-state index in [1.54, 1.807) is 13.8 Å². The molecular weight excluding hydrogens is 306 g/mol. The molecule has 6 heteroatoms. The van der Waals surface area contributed by atoms with Crippen molar-refractivity contribution in [2.75, 3.05) is 11.4 Å². The van der Waals surface area contributed by atoms with Crippen LogP contribution < -0.4 is 10.2 Å². The van der Waals surface area contributed by atoms with Crippen molar-refractivity contribution < 1.29 is 14.4 Å². The second kappa shape index (κ2) is 5.06. The van der Waals surface area contributed by atoms with Crippen LogP contribution >= 0.6 is 0 Å². The molecule has 4 amide bonds. The van der Waals surface area contributed by atoms with E-state index in [2.05, 4.69) is 16.3 Å². The number of benzene rings is 1. The number of carbonyl (C=O) groups excluding carboxylic acids is 3. The maximum absolute atomic E-state index is 13.3. The average molecular weight is 327 g/mol. The van der Waals surface area contributed by atoms with Crippen LogP contribution in [0.2, 0.25) is 0 Å². The number of fused-ring (bicyclic) bond motifs is 4. The maximum atomic E-state index is 13.3. The predicted molar refractivity (Wildman–Crippen MR) is 88.5 cm³/mol. The highest BCUT2D eigenvalue weighted by Gasteiger charge is 2.62. The van der Waals surface area contributed by atoms with Crippen LogP contribution in [-0.2, 0) is 16.0 Å². The van der Waals surface area contributed by atoms with E-state index in [4.69, 9.17) is 0 Å². The number of carbonyl (C=O) groups is 3. The summed E-state index contributed by atoms with van der Waals surface area (Å²) < 4.78 is 0. The lowest BCUT2D eigenvalue weighted by atomic mass is 9.68. The second-order valence-electron chi connectivity index (χ2n) is 7.16. The summed E-state index contributed by atoms with van der Waals surface area (Å²) in [6, 6.07) is 6.87. The maximum Gasteiger partial charge on any atom is 0.331 e. The molecule has 3 aliphatic heterocycles. The average Bonchev–Trinajstić information content (AvgIpc) is 3.02. The fourth-order valence-electron chi connectivity index (χ4n) is 4.52. The highest BCUT2D eigenvalue weighted by molar-refractivity contribution is 6.20. The van der Waals surface area contributed by atoms with Gasteiger partial charge in [0.15, 0.2) is 5.41 Å². The van der Waals surface area contributed by atoms with Crippen LogP contribution in [0.5, 0.6) is 0 Å². The third-order valence-electron chi connectivity index (χ3n) is 5.55. The topological polar surface area (TPSA) is 69.7 Å². The summed E-state index contributed by atoms with van der Waals surface area (Å²) in [7, 11) is 0. The van der Waals surface area contributed by atoms with Gasteiger partial charge in [0.25, 0.3) is 0 Å². The minimum absolute atomic E-state index is 0.186. The number of imide groups is 2. The Morgan fingerprint density at radius 2 is 1.96 bits per heavy atom. The number of anilines is 1. The molecule has 3 heterocycles. The second-order valence-corrected chi connectivity index (χ2v) is 7.16. The number of rotatable bonds is 1. The van der Waals surface area contributed by atoms with E-state index >= 15 is 0 Å². The van der Waals surface area contributed by atoms with Crippen LogP contribution in [0.25, 0.3) is 0 Å². The molecule has 3 aliphatic rings. The molecule has 2 saturated heterocycles. The summed E-state index contributed by atoms with van der Waals surface area (Å²) >= 11 is 0. The number of nitrogens with zero attached hydrogens (tertiary/aromatic N) is 2. The highest BCUT2D eigenvalue weighted by atomic mass is 16.2. The SMILES string of the molecule is CC(C)N1C(=O)NC(=O)[C@@]2(Cc3ccccc3N3CCC[C@@H]32)C1=O. The first-order valence-corrected chi connectivity index (χ1v) is 8.50. The monoisotopic (exact) mass is 327 g/mol. The molecule has 2 fully saturated rings. The summed E-state index contributed by atoms with van der Waals surface area (Å²) in [5.74, 6) is -0.793. The van der Waals surface area contributed by atoms with Gasteiger partial charge in [-0.3, -0.25) is 19.8 Å². The number of hydrogen-bond acceptors (Lipinski definition) is 4. The smallest absolute Gasteiger partial charge is 0.331 e. The van der Waals surface area contributed by atoms with Gasteiger partial charge in [0.05, 0.1) is 6.04 Å². The van der Waals surface area contributed by atoms with Crippen LogP contribution in [0, 0.1) is 5.41 Å². The van der Waals surface area contributed by atoms with E-state index < -0.39 is 17.4 Å². The summed E-state index contributed by atoms with van der Waals surface area (Å²) in [5.41, 5.74) is 0.902. The number of urea groups is 1. The standard InChI is InChI=1S/C18H21N3O3/c1-11(2)21-16(23)18(15(22)19-17(21)24)10-12-6-3-4-7-13(12)20-9-5-8-14(18)20/h3-4,6-7,11,14H,5,8-10H2,1-2H3,(H,19,22,24)/t14-,18+/m1/s1. The zero-order valence-electron chi connectivity index (χ0n) is 13.9. The third kappa shape index (κ3) is 1.79. The number of barbiturate groups is 1. The zero-order valence-corrected chi connectivity index (χ0v) is 13.9. The van der Waals surface area contributed by atoms with Gasteiger partial charge in [0.2, 0.25) is 11.8 Å². The Bertz CT molecular complexity index is 745. The molecule has 0 bridgehead atoms. The van der Waals surface area contributed by atoms with Crippen LogP contribution in [0.3, 0.4) is 0 Å². The molecule has 2 atom stereocenters. The molecule has 126 valence electrons. The molecule has 1 spiro atoms. The van der Waals surface area contributed by atoms with E-state index in [9.17, 15) is 14.4 Å².